The first-order valence-corrected chi connectivity index (χ1v) is 20.9. The third-order valence-corrected chi connectivity index (χ3v) is 12.5. The van der Waals surface area contributed by atoms with Gasteiger partial charge in [0.05, 0.1) is 11.0 Å². The maximum absolute atomic E-state index is 5.21. The predicted molar refractivity (Wildman–Crippen MR) is 245 cm³/mol. The SMILES string of the molecule is CC(C)c1cccc(C(C)C)c1-c1ccnc(-c2[c-]c(C3(c4[c-]c(-c5ccccn5)c5c(ccn6c7ccccc7nc56)c4)c4ccccc4-c4ccccc43)ccc2)c1.[Pt+2]. The molecule has 0 saturated carbocycles. The minimum Gasteiger partial charge on any atom is -0.307 e. The Morgan fingerprint density at radius 3 is 1.97 bits per heavy atom. The van der Waals surface area contributed by atoms with Crippen LogP contribution in [0.4, 0.5) is 0 Å². The molecule has 0 spiro atoms. The van der Waals surface area contributed by atoms with Crippen molar-refractivity contribution in [3.8, 4) is 44.8 Å². The molecule has 0 aliphatic heterocycles. The van der Waals surface area contributed by atoms with Gasteiger partial charge in [0, 0.05) is 24.0 Å². The van der Waals surface area contributed by atoms with Gasteiger partial charge in [0.1, 0.15) is 5.65 Å². The molecule has 4 nitrogen and oxygen atoms in total. The van der Waals surface area contributed by atoms with Gasteiger partial charge in [-0.25, -0.2) is 4.98 Å². The van der Waals surface area contributed by atoms with E-state index in [4.69, 9.17) is 15.0 Å². The van der Waals surface area contributed by atoms with Crippen LogP contribution in [-0.4, -0.2) is 19.4 Å². The Balaban J connectivity index is 0.00000445. The largest absolute Gasteiger partial charge is 2.00 e. The van der Waals surface area contributed by atoms with Gasteiger partial charge in [0.15, 0.2) is 0 Å². The second kappa shape index (κ2) is 15.2. The van der Waals surface area contributed by atoms with Crippen molar-refractivity contribution in [2.45, 2.75) is 44.9 Å². The molecule has 0 radical (unpaired) electrons. The second-order valence-corrected chi connectivity index (χ2v) is 16.6. The molecule has 296 valence electrons. The smallest absolute Gasteiger partial charge is 0.307 e. The normalized spacial score (nSPS) is 12.9. The number of nitrogens with zero attached hydrogens (tertiary/aromatic N) is 4. The van der Waals surface area contributed by atoms with E-state index in [1.165, 1.54) is 44.5 Å². The number of imidazole rings is 1. The Morgan fingerprint density at radius 1 is 0.574 bits per heavy atom. The molecule has 0 unspecified atom stereocenters. The average Bonchev–Trinajstić information content (AvgIpc) is 3.83. The Morgan fingerprint density at radius 2 is 1.25 bits per heavy atom. The van der Waals surface area contributed by atoms with Gasteiger partial charge in [-0.15, -0.1) is 58.7 Å². The van der Waals surface area contributed by atoms with Crippen molar-refractivity contribution < 1.29 is 21.1 Å². The van der Waals surface area contributed by atoms with Gasteiger partial charge in [-0.05, 0) is 92.0 Å². The monoisotopic (exact) mass is 965 g/mol. The standard InChI is InChI=1S/C56H42N4.Pt/c1-35(2)42-19-14-20-43(36(3)4)53(42)38-26-29-58-51(33-38)37-15-13-16-40(31-37)56(47-21-7-5-17-44(47)45-18-6-8-22-48(45)56)41-32-39-27-30-60-52-25-10-9-24-50(52)59-55(60)54(39)46(34-41)49-23-11-12-28-57-49;/h5-30,32-33,35-36H,1-4H3;/q-2;+2. The summed E-state index contributed by atoms with van der Waals surface area (Å²) in [4.78, 5) is 15.2. The van der Waals surface area contributed by atoms with Crippen LogP contribution in [0.1, 0.15) is 72.9 Å². The van der Waals surface area contributed by atoms with E-state index in [0.29, 0.717) is 11.8 Å². The second-order valence-electron chi connectivity index (χ2n) is 16.6. The molecule has 0 N–H and O–H groups in total. The molecule has 0 saturated heterocycles. The van der Waals surface area contributed by atoms with Gasteiger partial charge in [-0.1, -0.05) is 142 Å². The van der Waals surface area contributed by atoms with Gasteiger partial charge >= 0.3 is 21.1 Å². The van der Waals surface area contributed by atoms with E-state index in [1.807, 2.05) is 24.5 Å². The third kappa shape index (κ3) is 6.03. The van der Waals surface area contributed by atoms with E-state index >= 15 is 0 Å². The number of aromatic nitrogens is 4. The van der Waals surface area contributed by atoms with Gasteiger partial charge in [0.2, 0.25) is 0 Å². The van der Waals surface area contributed by atoms with Crippen LogP contribution in [0.5, 0.6) is 0 Å². The zero-order valence-electron chi connectivity index (χ0n) is 34.4. The molecule has 4 aromatic heterocycles. The first-order valence-electron chi connectivity index (χ1n) is 20.9. The quantitative estimate of drug-likeness (QED) is 0.150. The third-order valence-electron chi connectivity index (χ3n) is 12.5. The van der Waals surface area contributed by atoms with Crippen LogP contribution in [0, 0.1) is 12.1 Å². The number of hydrogen-bond donors (Lipinski definition) is 0. The van der Waals surface area contributed by atoms with Crippen LogP contribution in [0.15, 0.2) is 170 Å². The molecule has 11 rings (SSSR count). The topological polar surface area (TPSA) is 43.1 Å². The molecular formula is C56H42N4Pt. The van der Waals surface area contributed by atoms with Gasteiger partial charge in [-0.3, -0.25) is 0 Å². The summed E-state index contributed by atoms with van der Waals surface area (Å²) in [6.45, 7) is 9.12. The number of rotatable bonds is 7. The van der Waals surface area contributed by atoms with Gasteiger partial charge in [-0.2, -0.15) is 0 Å². The van der Waals surface area contributed by atoms with Crippen LogP contribution in [0.2, 0.25) is 0 Å². The van der Waals surface area contributed by atoms with Crippen LogP contribution < -0.4 is 0 Å². The van der Waals surface area contributed by atoms with Crippen molar-refractivity contribution in [1.29, 1.82) is 0 Å². The zero-order valence-corrected chi connectivity index (χ0v) is 36.7. The van der Waals surface area contributed by atoms with E-state index in [0.717, 1.165) is 61.1 Å². The van der Waals surface area contributed by atoms with Crippen molar-refractivity contribution in [2.75, 3.05) is 0 Å². The van der Waals surface area contributed by atoms with E-state index in [-0.39, 0.29) is 21.1 Å². The van der Waals surface area contributed by atoms with Crippen molar-refractivity contribution in [3.63, 3.8) is 0 Å². The Bertz CT molecular complexity index is 3220. The average molecular weight is 966 g/mol. The number of hydrogen-bond acceptors (Lipinski definition) is 3. The molecular weight excluding hydrogens is 924 g/mol. The first kappa shape index (κ1) is 38.7. The number of benzene rings is 6. The van der Waals surface area contributed by atoms with E-state index < -0.39 is 5.41 Å². The van der Waals surface area contributed by atoms with Gasteiger partial charge < -0.3 is 14.4 Å². The Labute approximate surface area is 371 Å². The predicted octanol–water partition coefficient (Wildman–Crippen LogP) is 13.6. The number of pyridine rings is 3. The molecule has 61 heavy (non-hydrogen) atoms. The summed E-state index contributed by atoms with van der Waals surface area (Å²) in [6, 6.07) is 62.5. The van der Waals surface area contributed by atoms with E-state index in [2.05, 4.69) is 190 Å². The molecule has 4 heterocycles. The Kier molecular flexibility index (Phi) is 9.65. The molecule has 6 aromatic carbocycles. The summed E-state index contributed by atoms with van der Waals surface area (Å²) in [5.41, 5.74) is 17.8. The minimum absolute atomic E-state index is 0. The summed E-state index contributed by atoms with van der Waals surface area (Å²) >= 11 is 0. The minimum atomic E-state index is -0.764. The molecule has 5 heteroatoms. The van der Waals surface area contributed by atoms with Crippen molar-refractivity contribution in [1.82, 2.24) is 19.4 Å². The number of para-hydroxylation sites is 2. The summed E-state index contributed by atoms with van der Waals surface area (Å²) in [5, 5.41) is 2.09. The molecule has 0 fully saturated rings. The molecule has 10 aromatic rings. The molecule has 0 bridgehead atoms. The summed E-state index contributed by atoms with van der Waals surface area (Å²) in [7, 11) is 0. The molecule has 1 aliphatic rings. The van der Waals surface area contributed by atoms with E-state index in [9.17, 15) is 0 Å². The van der Waals surface area contributed by atoms with Crippen molar-refractivity contribution in [2.24, 2.45) is 0 Å². The van der Waals surface area contributed by atoms with Crippen molar-refractivity contribution in [3.05, 3.63) is 216 Å². The summed E-state index contributed by atoms with van der Waals surface area (Å²) in [6.07, 6.45) is 5.97. The molecule has 1 aliphatic carbocycles. The van der Waals surface area contributed by atoms with Crippen LogP contribution >= 0.6 is 0 Å². The van der Waals surface area contributed by atoms with Crippen LogP contribution in [-0.2, 0) is 26.5 Å². The maximum Gasteiger partial charge on any atom is 2.00 e. The summed E-state index contributed by atoms with van der Waals surface area (Å²) < 4.78 is 2.19. The van der Waals surface area contributed by atoms with E-state index in [1.54, 1.807) is 0 Å². The van der Waals surface area contributed by atoms with Crippen molar-refractivity contribution >= 4 is 27.5 Å². The van der Waals surface area contributed by atoms with Crippen LogP contribution in [0.25, 0.3) is 72.2 Å². The maximum atomic E-state index is 5.21. The summed E-state index contributed by atoms with van der Waals surface area (Å²) in [5.74, 6) is 0.760. The number of fused-ring (bicyclic) bond motifs is 8. The molecule has 0 amide bonds. The van der Waals surface area contributed by atoms with Gasteiger partial charge in [0.25, 0.3) is 0 Å². The van der Waals surface area contributed by atoms with Crippen LogP contribution in [0.3, 0.4) is 0 Å². The fourth-order valence-corrected chi connectivity index (χ4v) is 9.82. The fourth-order valence-electron chi connectivity index (χ4n) is 9.82. The Hall–Kier alpha value is -6.48. The molecule has 0 atom stereocenters. The zero-order chi connectivity index (χ0) is 40.5. The fraction of sp³-hybridized carbons (Fsp3) is 0.125. The first-order chi connectivity index (χ1) is 29.4.